The van der Waals surface area contributed by atoms with Crippen molar-refractivity contribution in [3.05, 3.63) is 63.4 Å². The highest BCUT2D eigenvalue weighted by Crippen LogP contribution is 2.38. The maximum Gasteiger partial charge on any atom is 0.262 e. The van der Waals surface area contributed by atoms with Crippen LogP contribution in [0.1, 0.15) is 47.3 Å². The Labute approximate surface area is 160 Å². The quantitative estimate of drug-likeness (QED) is 0.832. The van der Waals surface area contributed by atoms with Gasteiger partial charge >= 0.3 is 0 Å². The maximum absolute atomic E-state index is 15.5. The normalized spacial score (nSPS) is 20.4. The highest BCUT2D eigenvalue weighted by Gasteiger charge is 2.46. The number of rotatable bonds is 4. The number of amides is 1. The van der Waals surface area contributed by atoms with Gasteiger partial charge in [-0.25, -0.2) is 4.39 Å². The van der Waals surface area contributed by atoms with E-state index in [4.69, 9.17) is 23.2 Å². The third-order valence-corrected chi connectivity index (χ3v) is 5.18. The van der Waals surface area contributed by atoms with Crippen molar-refractivity contribution < 1.29 is 14.0 Å². The number of pyridine rings is 1. The largest absolute Gasteiger partial charge is 0.352 e. The Morgan fingerprint density at radius 1 is 1.38 bits per heavy atom. The molecule has 26 heavy (non-hydrogen) atoms. The van der Waals surface area contributed by atoms with E-state index in [1.165, 1.54) is 18.3 Å². The molecule has 1 N–H and O–H groups in total. The van der Waals surface area contributed by atoms with Gasteiger partial charge in [0.1, 0.15) is 5.69 Å². The predicted octanol–water partition coefficient (Wildman–Crippen LogP) is 4.45. The number of hydrogen-bond donors (Lipinski definition) is 1. The van der Waals surface area contributed by atoms with Crippen LogP contribution in [0.4, 0.5) is 4.39 Å². The molecule has 7 heteroatoms. The van der Waals surface area contributed by atoms with Crippen LogP contribution < -0.4 is 5.32 Å². The molecule has 1 heterocycles. The molecule has 0 spiro atoms. The maximum atomic E-state index is 15.5. The molecule has 0 bridgehead atoms. The van der Waals surface area contributed by atoms with Crippen LogP contribution in [0.5, 0.6) is 0 Å². The molecule has 1 aliphatic carbocycles. The Kier molecular flexibility index (Phi) is 5.30. The molecular formula is C19H17Cl2FN2O2. The fourth-order valence-electron chi connectivity index (χ4n) is 3.12. The Morgan fingerprint density at radius 3 is 2.88 bits per heavy atom. The Hall–Kier alpha value is -1.98. The standard InChI is InChI=1S/C19H17Cl2FN2O2/c1-11(13-5-4-12(20)9-15(13)21)10-24-18(26)19(22)7-6-16(25)17-14(19)3-2-8-23-17/h2-5,8-9,11H,6-7,10H2,1H3,(H,24,26)/t11?,19-/m0/s1. The second-order valence-electron chi connectivity index (χ2n) is 6.40. The van der Waals surface area contributed by atoms with Crippen LogP contribution in [-0.4, -0.2) is 23.2 Å². The summed E-state index contributed by atoms with van der Waals surface area (Å²) in [5, 5.41) is 3.66. The average Bonchev–Trinajstić information content (AvgIpc) is 2.63. The van der Waals surface area contributed by atoms with Crippen molar-refractivity contribution in [1.29, 1.82) is 0 Å². The number of halogens is 3. The second-order valence-corrected chi connectivity index (χ2v) is 7.24. The molecule has 4 nitrogen and oxygen atoms in total. The van der Waals surface area contributed by atoms with Crippen LogP contribution in [0.15, 0.2) is 36.5 Å². The first-order chi connectivity index (χ1) is 12.3. The van der Waals surface area contributed by atoms with E-state index in [2.05, 4.69) is 10.3 Å². The van der Waals surface area contributed by atoms with E-state index < -0.39 is 11.6 Å². The van der Waals surface area contributed by atoms with Gasteiger partial charge in [0.15, 0.2) is 5.78 Å². The average molecular weight is 395 g/mol. The summed E-state index contributed by atoms with van der Waals surface area (Å²) in [5.41, 5.74) is -1.39. The minimum atomic E-state index is -2.26. The van der Waals surface area contributed by atoms with Gasteiger partial charge in [0, 0.05) is 41.2 Å². The van der Waals surface area contributed by atoms with Crippen LogP contribution in [0, 0.1) is 0 Å². The minimum Gasteiger partial charge on any atom is -0.352 e. The fourth-order valence-corrected chi connectivity index (χ4v) is 3.71. The number of alkyl halides is 1. The van der Waals surface area contributed by atoms with Gasteiger partial charge in [-0.1, -0.05) is 42.3 Å². The first-order valence-corrected chi connectivity index (χ1v) is 8.99. The van der Waals surface area contributed by atoms with Gasteiger partial charge in [-0.15, -0.1) is 0 Å². The van der Waals surface area contributed by atoms with E-state index in [1.807, 2.05) is 6.92 Å². The summed E-state index contributed by atoms with van der Waals surface area (Å²) in [7, 11) is 0. The van der Waals surface area contributed by atoms with Crippen molar-refractivity contribution in [2.45, 2.75) is 31.4 Å². The molecular weight excluding hydrogens is 378 g/mol. The fraction of sp³-hybridized carbons (Fsp3) is 0.316. The van der Waals surface area contributed by atoms with Crippen LogP contribution in [0.25, 0.3) is 0 Å². The summed E-state index contributed by atoms with van der Waals surface area (Å²) in [5.74, 6) is -1.15. The predicted molar refractivity (Wildman–Crippen MR) is 98.5 cm³/mol. The summed E-state index contributed by atoms with van der Waals surface area (Å²) < 4.78 is 15.5. The number of hydrogen-bond acceptors (Lipinski definition) is 3. The molecule has 0 radical (unpaired) electrons. The van der Waals surface area contributed by atoms with Crippen molar-refractivity contribution in [2.75, 3.05) is 6.54 Å². The smallest absolute Gasteiger partial charge is 0.262 e. The minimum absolute atomic E-state index is 0.0326. The number of Topliss-reactive ketones (excluding diaryl/α,β-unsaturated/α-hetero) is 1. The number of carbonyl (C=O) groups excluding carboxylic acids is 2. The Bertz CT molecular complexity index is 874. The summed E-state index contributed by atoms with van der Waals surface area (Å²) >= 11 is 12.1. The lowest BCUT2D eigenvalue weighted by Crippen LogP contribution is -2.45. The summed E-state index contributed by atoms with van der Waals surface area (Å²) in [6, 6.07) is 8.09. The third kappa shape index (κ3) is 3.46. The first-order valence-electron chi connectivity index (χ1n) is 8.24. The summed E-state index contributed by atoms with van der Waals surface area (Å²) in [6.45, 7) is 2.08. The highest BCUT2D eigenvalue weighted by atomic mass is 35.5. The van der Waals surface area contributed by atoms with E-state index in [9.17, 15) is 9.59 Å². The molecule has 0 fully saturated rings. The molecule has 0 aliphatic heterocycles. The van der Waals surface area contributed by atoms with Gasteiger partial charge in [-0.05, 0) is 29.7 Å². The molecule has 1 unspecified atom stereocenters. The number of carbonyl (C=O) groups is 2. The van der Waals surface area contributed by atoms with Crippen LogP contribution in [0.2, 0.25) is 10.0 Å². The Morgan fingerprint density at radius 2 is 2.15 bits per heavy atom. The molecule has 1 aromatic carbocycles. The summed E-state index contributed by atoms with van der Waals surface area (Å²) in [6.07, 6.45) is 1.18. The number of benzene rings is 1. The number of fused-ring (bicyclic) bond motifs is 1. The lowest BCUT2D eigenvalue weighted by molar-refractivity contribution is -0.134. The SMILES string of the molecule is CC(CNC(=O)[C@]1(F)CCC(=O)c2ncccc21)c1ccc(Cl)cc1Cl. The van der Waals surface area contributed by atoms with Gasteiger partial charge in [-0.3, -0.25) is 14.6 Å². The molecule has 136 valence electrons. The van der Waals surface area contributed by atoms with Crippen molar-refractivity contribution in [1.82, 2.24) is 10.3 Å². The molecule has 0 saturated heterocycles. The molecule has 2 aromatic rings. The van der Waals surface area contributed by atoms with Crippen molar-refractivity contribution in [2.24, 2.45) is 0 Å². The van der Waals surface area contributed by atoms with E-state index in [1.54, 1.807) is 18.2 Å². The van der Waals surface area contributed by atoms with Crippen molar-refractivity contribution >= 4 is 34.9 Å². The third-order valence-electron chi connectivity index (χ3n) is 4.62. The molecule has 1 aromatic heterocycles. The van der Waals surface area contributed by atoms with Gasteiger partial charge in [0.2, 0.25) is 5.67 Å². The monoisotopic (exact) mass is 394 g/mol. The number of ketones is 1. The van der Waals surface area contributed by atoms with Crippen LogP contribution in [-0.2, 0) is 10.5 Å². The summed E-state index contributed by atoms with van der Waals surface area (Å²) in [4.78, 5) is 28.5. The zero-order chi connectivity index (χ0) is 18.9. The second kappa shape index (κ2) is 7.33. The Balaban J connectivity index is 1.76. The zero-order valence-corrected chi connectivity index (χ0v) is 15.6. The van der Waals surface area contributed by atoms with Gasteiger partial charge in [-0.2, -0.15) is 0 Å². The van der Waals surface area contributed by atoms with E-state index in [0.717, 1.165) is 5.56 Å². The van der Waals surface area contributed by atoms with E-state index in [-0.39, 0.29) is 42.3 Å². The molecule has 1 aliphatic rings. The molecule has 1 amide bonds. The first kappa shape index (κ1) is 18.8. The molecule has 0 saturated carbocycles. The van der Waals surface area contributed by atoms with Crippen LogP contribution in [0.3, 0.4) is 0 Å². The van der Waals surface area contributed by atoms with Crippen molar-refractivity contribution in [3.8, 4) is 0 Å². The topological polar surface area (TPSA) is 59.1 Å². The van der Waals surface area contributed by atoms with E-state index >= 15 is 4.39 Å². The van der Waals surface area contributed by atoms with Gasteiger partial charge in [0.05, 0.1) is 0 Å². The lowest BCUT2D eigenvalue weighted by atomic mass is 9.81. The lowest BCUT2D eigenvalue weighted by Gasteiger charge is -2.30. The van der Waals surface area contributed by atoms with Gasteiger partial charge < -0.3 is 5.32 Å². The van der Waals surface area contributed by atoms with Crippen LogP contribution >= 0.6 is 23.2 Å². The number of nitrogens with zero attached hydrogens (tertiary/aromatic N) is 1. The molecule has 3 rings (SSSR count). The zero-order valence-electron chi connectivity index (χ0n) is 14.1. The van der Waals surface area contributed by atoms with Gasteiger partial charge in [0.25, 0.3) is 5.91 Å². The number of nitrogens with one attached hydrogen (secondary N) is 1. The van der Waals surface area contributed by atoms with E-state index in [0.29, 0.717) is 10.0 Å². The number of aromatic nitrogens is 1. The van der Waals surface area contributed by atoms with Crippen molar-refractivity contribution in [3.63, 3.8) is 0 Å². The molecule has 2 atom stereocenters. The highest BCUT2D eigenvalue weighted by molar-refractivity contribution is 6.35.